The number of rotatable bonds is 2. The van der Waals surface area contributed by atoms with Crippen molar-refractivity contribution in [3.8, 4) is 0 Å². The smallest absolute Gasteiger partial charge is 0.0993 e. The molecule has 0 aromatic heterocycles. The molecule has 0 unspecified atom stereocenters. The van der Waals surface area contributed by atoms with Gasteiger partial charge in [-0.15, -0.1) is 0 Å². The summed E-state index contributed by atoms with van der Waals surface area (Å²) in [5, 5.41) is 0. The van der Waals surface area contributed by atoms with Gasteiger partial charge in [-0.3, -0.25) is 0 Å². The lowest BCUT2D eigenvalue weighted by molar-refractivity contribution is 0.285. The van der Waals surface area contributed by atoms with Crippen LogP contribution >= 0.6 is 0 Å². The highest BCUT2D eigenvalue weighted by molar-refractivity contribution is 5.33. The Bertz CT molecular complexity index is 254. The molecule has 1 nitrogen and oxygen atoms in total. The molecule has 0 atom stereocenters. The largest absolute Gasteiger partial charge is 0.501 e. The van der Waals surface area contributed by atoms with E-state index in [1.807, 2.05) is 0 Å². The van der Waals surface area contributed by atoms with E-state index < -0.39 is 0 Å². The van der Waals surface area contributed by atoms with Crippen LogP contribution in [0.2, 0.25) is 0 Å². The number of methoxy groups -OCH3 is 1. The molecular formula is C11H14O. The van der Waals surface area contributed by atoms with E-state index in [1.54, 1.807) is 7.11 Å². The van der Waals surface area contributed by atoms with Crippen LogP contribution in [0.5, 0.6) is 0 Å². The highest BCUT2D eigenvalue weighted by atomic mass is 16.5. The zero-order valence-corrected chi connectivity index (χ0v) is 7.42. The van der Waals surface area contributed by atoms with E-state index in [1.165, 1.54) is 18.4 Å². The van der Waals surface area contributed by atoms with Crippen LogP contribution in [-0.4, -0.2) is 7.11 Å². The summed E-state index contributed by atoms with van der Waals surface area (Å²) in [4.78, 5) is 0. The molecule has 0 N–H and O–H groups in total. The molecule has 12 heavy (non-hydrogen) atoms. The van der Waals surface area contributed by atoms with E-state index in [4.69, 9.17) is 4.74 Å². The van der Waals surface area contributed by atoms with Gasteiger partial charge in [-0.2, -0.15) is 0 Å². The second-order valence-corrected chi connectivity index (χ2v) is 3.38. The summed E-state index contributed by atoms with van der Waals surface area (Å²) < 4.78 is 5.18. The minimum atomic E-state index is 0.841. The molecule has 0 spiro atoms. The fraction of sp³-hybridized carbons (Fsp3) is 0.455. The summed E-state index contributed by atoms with van der Waals surface area (Å²) in [7, 11) is 1.73. The molecule has 0 aromatic carbocycles. The molecule has 0 heterocycles. The topological polar surface area (TPSA) is 9.23 Å². The van der Waals surface area contributed by atoms with E-state index >= 15 is 0 Å². The lowest BCUT2D eigenvalue weighted by Crippen LogP contribution is -1.81. The van der Waals surface area contributed by atoms with Crippen LogP contribution in [0.15, 0.2) is 35.6 Å². The molecule has 2 rings (SSSR count). The summed E-state index contributed by atoms with van der Waals surface area (Å²) >= 11 is 0. The van der Waals surface area contributed by atoms with E-state index in [-0.39, 0.29) is 0 Å². The summed E-state index contributed by atoms with van der Waals surface area (Å²) in [6.45, 7) is 0. The van der Waals surface area contributed by atoms with Crippen molar-refractivity contribution in [2.24, 2.45) is 5.92 Å². The van der Waals surface area contributed by atoms with E-state index in [2.05, 4.69) is 24.3 Å². The summed E-state index contributed by atoms with van der Waals surface area (Å²) in [5.41, 5.74) is 1.47. The maximum atomic E-state index is 5.18. The Labute approximate surface area is 73.4 Å². The van der Waals surface area contributed by atoms with Crippen LogP contribution in [0.25, 0.3) is 0 Å². The molecule has 1 heteroatoms. The van der Waals surface area contributed by atoms with Crippen molar-refractivity contribution < 1.29 is 4.74 Å². The third kappa shape index (κ3) is 1.60. The molecule has 0 aliphatic heterocycles. The average molecular weight is 162 g/mol. The molecule has 0 bridgehead atoms. The van der Waals surface area contributed by atoms with Gasteiger partial charge in [0.1, 0.15) is 0 Å². The van der Waals surface area contributed by atoms with Crippen LogP contribution < -0.4 is 0 Å². The molecule has 64 valence electrons. The van der Waals surface area contributed by atoms with Gasteiger partial charge < -0.3 is 4.74 Å². The molecular weight excluding hydrogens is 148 g/mol. The van der Waals surface area contributed by atoms with Gasteiger partial charge in [-0.1, -0.05) is 18.2 Å². The second kappa shape index (κ2) is 3.18. The second-order valence-electron chi connectivity index (χ2n) is 3.38. The predicted molar refractivity (Wildman–Crippen MR) is 49.7 cm³/mol. The molecule has 1 saturated carbocycles. The standard InChI is InChI=1S/C11H14O/c1-12-11-4-2-3-9(7-8-11)10-5-6-10/h2-3,7-8,10H,4-6H2,1H3. The minimum Gasteiger partial charge on any atom is -0.501 e. The molecule has 2 aliphatic rings. The highest BCUT2D eigenvalue weighted by Crippen LogP contribution is 2.37. The molecule has 2 aliphatic carbocycles. The lowest BCUT2D eigenvalue weighted by Gasteiger charge is -1.98. The van der Waals surface area contributed by atoms with Crippen molar-refractivity contribution >= 4 is 0 Å². The maximum absolute atomic E-state index is 5.18. The quantitative estimate of drug-likeness (QED) is 0.606. The monoisotopic (exact) mass is 162 g/mol. The lowest BCUT2D eigenvalue weighted by atomic mass is 10.1. The van der Waals surface area contributed by atoms with E-state index in [9.17, 15) is 0 Å². The first-order valence-corrected chi connectivity index (χ1v) is 4.51. The van der Waals surface area contributed by atoms with Crippen molar-refractivity contribution in [1.29, 1.82) is 0 Å². The predicted octanol–water partition coefficient (Wildman–Crippen LogP) is 2.81. The first kappa shape index (κ1) is 7.66. The van der Waals surface area contributed by atoms with E-state index in [0.29, 0.717) is 0 Å². The van der Waals surface area contributed by atoms with Gasteiger partial charge in [0.15, 0.2) is 0 Å². The molecule has 0 aromatic rings. The SMILES string of the molecule is COC1=CC=C(C2CC2)C=CC1. The Morgan fingerprint density at radius 2 is 2.17 bits per heavy atom. The number of hydrogen-bond acceptors (Lipinski definition) is 1. The van der Waals surface area contributed by atoms with Crippen molar-refractivity contribution in [3.05, 3.63) is 35.6 Å². The Kier molecular flexibility index (Phi) is 2.03. The Morgan fingerprint density at radius 3 is 2.83 bits per heavy atom. The Balaban J connectivity index is 2.13. The fourth-order valence-electron chi connectivity index (χ4n) is 1.46. The zero-order valence-electron chi connectivity index (χ0n) is 7.42. The van der Waals surface area contributed by atoms with Crippen LogP contribution in [0.4, 0.5) is 0 Å². The van der Waals surface area contributed by atoms with Crippen LogP contribution in [-0.2, 0) is 4.74 Å². The summed E-state index contributed by atoms with van der Waals surface area (Å²) in [6, 6.07) is 0. The number of hydrogen-bond donors (Lipinski definition) is 0. The number of ether oxygens (including phenoxy) is 1. The van der Waals surface area contributed by atoms with Gasteiger partial charge in [-0.05, 0) is 30.4 Å². The van der Waals surface area contributed by atoms with Gasteiger partial charge in [0.05, 0.1) is 12.9 Å². The van der Waals surface area contributed by atoms with Gasteiger partial charge in [0.2, 0.25) is 0 Å². The zero-order chi connectivity index (χ0) is 8.39. The van der Waals surface area contributed by atoms with Crippen molar-refractivity contribution in [1.82, 2.24) is 0 Å². The Morgan fingerprint density at radius 1 is 1.33 bits per heavy atom. The summed E-state index contributed by atoms with van der Waals surface area (Å²) in [5.74, 6) is 1.90. The molecule has 0 amide bonds. The average Bonchev–Trinajstić information content (AvgIpc) is 2.91. The van der Waals surface area contributed by atoms with Crippen LogP contribution in [0, 0.1) is 5.92 Å². The normalized spacial score (nSPS) is 22.8. The Hall–Kier alpha value is -0.980. The first-order valence-electron chi connectivity index (χ1n) is 4.51. The molecule has 0 radical (unpaired) electrons. The molecule has 1 fully saturated rings. The van der Waals surface area contributed by atoms with Gasteiger partial charge in [0, 0.05) is 6.42 Å². The fourth-order valence-corrected chi connectivity index (χ4v) is 1.46. The van der Waals surface area contributed by atoms with Crippen molar-refractivity contribution in [3.63, 3.8) is 0 Å². The molecule has 0 saturated heterocycles. The van der Waals surface area contributed by atoms with E-state index in [0.717, 1.165) is 18.1 Å². The minimum absolute atomic E-state index is 0.841. The van der Waals surface area contributed by atoms with Crippen molar-refractivity contribution in [2.75, 3.05) is 7.11 Å². The van der Waals surface area contributed by atoms with Crippen LogP contribution in [0.3, 0.4) is 0 Å². The van der Waals surface area contributed by atoms with Gasteiger partial charge >= 0.3 is 0 Å². The maximum Gasteiger partial charge on any atom is 0.0993 e. The first-order chi connectivity index (χ1) is 5.90. The van der Waals surface area contributed by atoms with Crippen molar-refractivity contribution in [2.45, 2.75) is 19.3 Å². The van der Waals surface area contributed by atoms with Crippen LogP contribution in [0.1, 0.15) is 19.3 Å². The van der Waals surface area contributed by atoms with Gasteiger partial charge in [-0.25, -0.2) is 0 Å². The third-order valence-corrected chi connectivity index (χ3v) is 2.40. The number of allylic oxidation sites excluding steroid dienone is 5. The van der Waals surface area contributed by atoms with Gasteiger partial charge in [0.25, 0.3) is 0 Å². The summed E-state index contributed by atoms with van der Waals surface area (Å²) in [6.07, 6.45) is 12.4. The third-order valence-electron chi connectivity index (χ3n) is 2.40. The highest BCUT2D eigenvalue weighted by Gasteiger charge is 2.24.